The van der Waals surface area contributed by atoms with E-state index in [0.717, 1.165) is 38.4 Å². The smallest absolute Gasteiger partial charge is 0.255 e. The molecule has 0 saturated carbocycles. The molecule has 0 atom stereocenters. The summed E-state index contributed by atoms with van der Waals surface area (Å²) in [7, 11) is 0. The van der Waals surface area contributed by atoms with Gasteiger partial charge in [-0.15, -0.1) is 0 Å². The fourth-order valence-electron chi connectivity index (χ4n) is 3.24. The van der Waals surface area contributed by atoms with E-state index < -0.39 is 0 Å². The number of anilines is 1. The molecule has 0 spiro atoms. The highest BCUT2D eigenvalue weighted by Gasteiger charge is 2.13. The first-order valence-electron chi connectivity index (χ1n) is 9.17. The quantitative estimate of drug-likeness (QED) is 0.811. The second-order valence-corrected chi connectivity index (χ2v) is 6.62. The van der Waals surface area contributed by atoms with Gasteiger partial charge in [-0.1, -0.05) is 31.2 Å². The lowest BCUT2D eigenvalue weighted by atomic mass is 10.1. The van der Waals surface area contributed by atoms with E-state index in [-0.39, 0.29) is 5.91 Å². The highest BCUT2D eigenvalue weighted by molar-refractivity contribution is 6.04. The number of likely N-dealkylation sites (tertiary alicyclic amines) is 1. The molecule has 0 aliphatic carbocycles. The first-order chi connectivity index (χ1) is 12.2. The van der Waals surface area contributed by atoms with Crippen molar-refractivity contribution >= 4 is 11.6 Å². The molecule has 25 heavy (non-hydrogen) atoms. The molecule has 0 unspecified atom stereocenters. The Morgan fingerprint density at radius 2 is 1.80 bits per heavy atom. The van der Waals surface area contributed by atoms with Crippen molar-refractivity contribution < 1.29 is 4.79 Å². The number of nitrogens with zero attached hydrogens (tertiary/aromatic N) is 1. The zero-order chi connectivity index (χ0) is 17.5. The van der Waals surface area contributed by atoms with Crippen LogP contribution in [0.5, 0.6) is 0 Å². The zero-order valence-electron chi connectivity index (χ0n) is 14.9. The summed E-state index contributed by atoms with van der Waals surface area (Å²) in [5.41, 5.74) is 3.93. The largest absolute Gasteiger partial charge is 0.322 e. The number of hydrogen-bond acceptors (Lipinski definition) is 3. The van der Waals surface area contributed by atoms with Gasteiger partial charge in [0.25, 0.3) is 5.91 Å². The van der Waals surface area contributed by atoms with Crippen molar-refractivity contribution in [2.75, 3.05) is 25.0 Å². The van der Waals surface area contributed by atoms with Gasteiger partial charge in [0.05, 0.1) is 0 Å². The number of hydrogen-bond donors (Lipinski definition) is 2. The van der Waals surface area contributed by atoms with Crippen molar-refractivity contribution in [2.45, 2.75) is 32.9 Å². The molecular weight excluding hydrogens is 310 g/mol. The van der Waals surface area contributed by atoms with Gasteiger partial charge in [0.15, 0.2) is 0 Å². The Labute approximate surface area is 150 Å². The zero-order valence-corrected chi connectivity index (χ0v) is 14.9. The maximum Gasteiger partial charge on any atom is 0.255 e. The van der Waals surface area contributed by atoms with E-state index in [2.05, 4.69) is 34.6 Å². The van der Waals surface area contributed by atoms with Crippen LogP contribution in [0.25, 0.3) is 0 Å². The Kier molecular flexibility index (Phi) is 6.20. The molecule has 3 rings (SSSR count). The van der Waals surface area contributed by atoms with Crippen LogP contribution in [0.2, 0.25) is 0 Å². The lowest BCUT2D eigenvalue weighted by Crippen LogP contribution is -2.19. The fraction of sp³-hybridized carbons (Fsp3) is 0.381. The molecule has 1 aliphatic rings. The molecule has 1 fully saturated rings. The normalized spacial score (nSPS) is 14.6. The number of benzene rings is 2. The van der Waals surface area contributed by atoms with Crippen molar-refractivity contribution in [1.82, 2.24) is 10.2 Å². The van der Waals surface area contributed by atoms with E-state index in [0.29, 0.717) is 5.56 Å². The van der Waals surface area contributed by atoms with Crippen LogP contribution in [0, 0.1) is 0 Å². The van der Waals surface area contributed by atoms with E-state index in [9.17, 15) is 4.79 Å². The molecule has 1 heterocycles. The maximum absolute atomic E-state index is 12.6. The molecule has 4 nitrogen and oxygen atoms in total. The molecule has 1 saturated heterocycles. The summed E-state index contributed by atoms with van der Waals surface area (Å²) < 4.78 is 0. The molecule has 1 amide bonds. The topological polar surface area (TPSA) is 44.4 Å². The van der Waals surface area contributed by atoms with Crippen LogP contribution in [0.15, 0.2) is 48.5 Å². The van der Waals surface area contributed by atoms with Crippen LogP contribution < -0.4 is 10.6 Å². The molecule has 1 aliphatic heterocycles. The minimum Gasteiger partial charge on any atom is -0.322 e. The molecule has 2 aromatic carbocycles. The first kappa shape index (κ1) is 17.6. The van der Waals surface area contributed by atoms with Crippen LogP contribution >= 0.6 is 0 Å². The number of carbonyl (C=O) groups excluding carboxylic acids is 1. The van der Waals surface area contributed by atoms with E-state index in [1.807, 2.05) is 36.4 Å². The Balaban J connectivity index is 1.64. The molecule has 4 heteroatoms. The van der Waals surface area contributed by atoms with Gasteiger partial charge < -0.3 is 10.6 Å². The summed E-state index contributed by atoms with van der Waals surface area (Å²) >= 11 is 0. The molecule has 132 valence electrons. The van der Waals surface area contributed by atoms with Gasteiger partial charge >= 0.3 is 0 Å². The number of amides is 1. The van der Waals surface area contributed by atoms with Crippen molar-refractivity contribution in [2.24, 2.45) is 0 Å². The molecule has 2 N–H and O–H groups in total. The average molecular weight is 337 g/mol. The SMILES string of the molecule is CCNCc1cccc(NC(=O)c2cccc(CN3CCCC3)c2)c1. The lowest BCUT2D eigenvalue weighted by molar-refractivity contribution is 0.102. The van der Waals surface area contributed by atoms with Crippen molar-refractivity contribution in [3.8, 4) is 0 Å². The molecule has 0 bridgehead atoms. The third-order valence-corrected chi connectivity index (χ3v) is 4.56. The third-order valence-electron chi connectivity index (χ3n) is 4.56. The predicted octanol–water partition coefficient (Wildman–Crippen LogP) is 3.64. The summed E-state index contributed by atoms with van der Waals surface area (Å²) in [6, 6.07) is 16.0. The Hall–Kier alpha value is -2.17. The summed E-state index contributed by atoms with van der Waals surface area (Å²) in [6.07, 6.45) is 2.56. The van der Waals surface area contributed by atoms with Gasteiger partial charge in [0.2, 0.25) is 0 Å². The van der Waals surface area contributed by atoms with Gasteiger partial charge in [-0.05, 0) is 67.9 Å². The Morgan fingerprint density at radius 1 is 1.04 bits per heavy atom. The Bertz CT molecular complexity index is 708. The average Bonchev–Trinajstić information content (AvgIpc) is 3.13. The van der Waals surface area contributed by atoms with Crippen molar-refractivity contribution in [3.05, 3.63) is 65.2 Å². The Morgan fingerprint density at radius 3 is 2.60 bits per heavy atom. The van der Waals surface area contributed by atoms with E-state index >= 15 is 0 Å². The number of nitrogens with one attached hydrogen (secondary N) is 2. The predicted molar refractivity (Wildman–Crippen MR) is 103 cm³/mol. The summed E-state index contributed by atoms with van der Waals surface area (Å²) in [5, 5.41) is 6.32. The maximum atomic E-state index is 12.6. The second-order valence-electron chi connectivity index (χ2n) is 6.62. The van der Waals surface area contributed by atoms with Crippen LogP contribution in [-0.4, -0.2) is 30.4 Å². The minimum atomic E-state index is -0.0520. The van der Waals surface area contributed by atoms with Gasteiger partial charge in [-0.3, -0.25) is 9.69 Å². The van der Waals surface area contributed by atoms with Gasteiger partial charge in [0.1, 0.15) is 0 Å². The summed E-state index contributed by atoms with van der Waals surface area (Å²) in [6.45, 7) is 7.08. The van der Waals surface area contributed by atoms with Crippen LogP contribution in [0.4, 0.5) is 5.69 Å². The van der Waals surface area contributed by atoms with E-state index in [1.165, 1.54) is 24.0 Å². The van der Waals surface area contributed by atoms with Gasteiger partial charge in [-0.2, -0.15) is 0 Å². The van der Waals surface area contributed by atoms with Crippen LogP contribution in [0.1, 0.15) is 41.3 Å². The van der Waals surface area contributed by atoms with Crippen molar-refractivity contribution in [3.63, 3.8) is 0 Å². The second kappa shape index (κ2) is 8.79. The summed E-state index contributed by atoms with van der Waals surface area (Å²) in [4.78, 5) is 15.0. The van der Waals surface area contributed by atoms with Gasteiger partial charge in [-0.25, -0.2) is 0 Å². The number of rotatable bonds is 7. The number of carbonyl (C=O) groups is 1. The fourth-order valence-corrected chi connectivity index (χ4v) is 3.24. The van der Waals surface area contributed by atoms with Gasteiger partial charge in [0, 0.05) is 24.3 Å². The molecule has 2 aromatic rings. The third kappa shape index (κ3) is 5.15. The minimum absolute atomic E-state index is 0.0520. The summed E-state index contributed by atoms with van der Waals surface area (Å²) in [5.74, 6) is -0.0520. The highest BCUT2D eigenvalue weighted by Crippen LogP contribution is 2.16. The molecule has 0 aromatic heterocycles. The van der Waals surface area contributed by atoms with Crippen LogP contribution in [0.3, 0.4) is 0 Å². The standard InChI is InChI=1S/C21H27N3O/c1-2-22-15-17-7-6-10-20(14-17)23-21(25)19-9-5-8-18(13-19)16-24-11-3-4-12-24/h5-10,13-14,22H,2-4,11-12,15-16H2,1H3,(H,23,25). The first-order valence-corrected chi connectivity index (χ1v) is 9.17. The van der Waals surface area contributed by atoms with Crippen molar-refractivity contribution in [1.29, 1.82) is 0 Å². The lowest BCUT2D eigenvalue weighted by Gasteiger charge is -2.15. The van der Waals surface area contributed by atoms with E-state index in [4.69, 9.17) is 0 Å². The van der Waals surface area contributed by atoms with E-state index in [1.54, 1.807) is 0 Å². The van der Waals surface area contributed by atoms with Crippen LogP contribution in [-0.2, 0) is 13.1 Å². The highest BCUT2D eigenvalue weighted by atomic mass is 16.1. The molecular formula is C21H27N3O. The monoisotopic (exact) mass is 337 g/mol. The molecule has 0 radical (unpaired) electrons.